The number of ether oxygens (including phenoxy) is 1. The van der Waals surface area contributed by atoms with E-state index in [2.05, 4.69) is 39.9 Å². The lowest BCUT2D eigenvalue weighted by atomic mass is 10.1. The zero-order chi connectivity index (χ0) is 21.2. The number of benzene rings is 2. The molecule has 0 saturated carbocycles. The largest absolute Gasteiger partial charge is 0.497 e. The molecule has 0 aliphatic heterocycles. The Morgan fingerprint density at radius 1 is 0.933 bits per heavy atom. The van der Waals surface area contributed by atoms with E-state index in [1.54, 1.807) is 30.0 Å². The average Bonchev–Trinajstić information content (AvgIpc) is 2.78. The average molecular weight is 405 g/mol. The third-order valence-corrected chi connectivity index (χ3v) is 4.66. The van der Waals surface area contributed by atoms with Crippen molar-refractivity contribution in [3.05, 3.63) is 100.0 Å². The number of nitrogens with zero attached hydrogens (tertiary/aromatic N) is 2. The first-order valence-corrected chi connectivity index (χ1v) is 10.1. The predicted molar refractivity (Wildman–Crippen MR) is 121 cm³/mol. The van der Waals surface area contributed by atoms with Crippen molar-refractivity contribution >= 4 is 5.96 Å². The molecule has 0 spiro atoms. The summed E-state index contributed by atoms with van der Waals surface area (Å²) in [4.78, 5) is 16.5. The first-order chi connectivity index (χ1) is 14.7. The van der Waals surface area contributed by atoms with Crippen LogP contribution in [0.25, 0.3) is 0 Å². The number of hydrogen-bond donors (Lipinski definition) is 2. The summed E-state index contributed by atoms with van der Waals surface area (Å²) in [6, 6.07) is 21.4. The molecule has 0 unspecified atom stereocenters. The highest BCUT2D eigenvalue weighted by Gasteiger charge is 2.01. The van der Waals surface area contributed by atoms with Crippen LogP contribution in [0.2, 0.25) is 0 Å². The summed E-state index contributed by atoms with van der Waals surface area (Å²) in [5.74, 6) is 1.61. The molecular weight excluding hydrogens is 376 g/mol. The Balaban J connectivity index is 1.57. The van der Waals surface area contributed by atoms with Crippen LogP contribution in [0.4, 0.5) is 0 Å². The molecule has 3 rings (SSSR count). The number of pyridine rings is 1. The monoisotopic (exact) mass is 404 g/mol. The molecule has 2 aromatic carbocycles. The number of methoxy groups -OCH3 is 1. The van der Waals surface area contributed by atoms with Gasteiger partial charge in [0.05, 0.1) is 20.2 Å². The van der Waals surface area contributed by atoms with Gasteiger partial charge in [-0.25, -0.2) is 4.99 Å². The van der Waals surface area contributed by atoms with E-state index in [0.717, 1.165) is 34.9 Å². The molecule has 0 saturated heterocycles. The summed E-state index contributed by atoms with van der Waals surface area (Å²) >= 11 is 0. The van der Waals surface area contributed by atoms with Gasteiger partial charge in [-0.3, -0.25) is 4.79 Å². The fourth-order valence-electron chi connectivity index (χ4n) is 2.98. The zero-order valence-electron chi connectivity index (χ0n) is 17.5. The fraction of sp³-hybridized carbons (Fsp3) is 0.250. The SMILES string of the molecule is CCNC(=NCc1ccc(OC)cc1)NCc1ccc(Cn2ccccc2=O)cc1. The summed E-state index contributed by atoms with van der Waals surface area (Å²) in [7, 11) is 1.66. The third-order valence-electron chi connectivity index (χ3n) is 4.66. The van der Waals surface area contributed by atoms with Crippen LogP contribution in [0.15, 0.2) is 82.7 Å². The molecule has 30 heavy (non-hydrogen) atoms. The maximum Gasteiger partial charge on any atom is 0.250 e. The Bertz CT molecular complexity index is 1010. The van der Waals surface area contributed by atoms with Gasteiger partial charge in [0.1, 0.15) is 5.75 Å². The van der Waals surface area contributed by atoms with Crippen molar-refractivity contribution in [3.8, 4) is 5.75 Å². The standard InChI is InChI=1S/C24H28N4O2/c1-3-25-24(27-17-20-11-13-22(30-2)14-12-20)26-16-19-7-9-21(10-8-19)18-28-15-5-4-6-23(28)29/h4-15H,3,16-18H2,1-2H3,(H2,25,26,27). The Labute approximate surface area is 177 Å². The minimum absolute atomic E-state index is 0.00611. The molecule has 0 fully saturated rings. The van der Waals surface area contributed by atoms with Gasteiger partial charge in [0, 0.05) is 25.4 Å². The van der Waals surface area contributed by atoms with Crippen molar-refractivity contribution in [2.45, 2.75) is 26.6 Å². The lowest BCUT2D eigenvalue weighted by Gasteiger charge is -2.12. The summed E-state index contributed by atoms with van der Waals surface area (Å²) in [6.45, 7) is 4.66. The van der Waals surface area contributed by atoms with Crippen molar-refractivity contribution in [2.75, 3.05) is 13.7 Å². The Morgan fingerprint density at radius 3 is 2.30 bits per heavy atom. The highest BCUT2D eigenvalue weighted by atomic mass is 16.5. The van der Waals surface area contributed by atoms with Gasteiger partial charge in [-0.15, -0.1) is 0 Å². The molecule has 156 valence electrons. The van der Waals surface area contributed by atoms with E-state index < -0.39 is 0 Å². The molecular formula is C24H28N4O2. The molecule has 1 aromatic heterocycles. The van der Waals surface area contributed by atoms with Crippen LogP contribution >= 0.6 is 0 Å². The van der Waals surface area contributed by atoms with Crippen LogP contribution in [0.1, 0.15) is 23.6 Å². The van der Waals surface area contributed by atoms with Crippen molar-refractivity contribution in [3.63, 3.8) is 0 Å². The van der Waals surface area contributed by atoms with Gasteiger partial charge >= 0.3 is 0 Å². The third kappa shape index (κ3) is 6.24. The quantitative estimate of drug-likeness (QED) is 0.447. The van der Waals surface area contributed by atoms with Crippen LogP contribution < -0.4 is 20.9 Å². The van der Waals surface area contributed by atoms with Gasteiger partial charge in [0.25, 0.3) is 5.56 Å². The number of aromatic nitrogens is 1. The van der Waals surface area contributed by atoms with Gasteiger partial charge in [0.15, 0.2) is 5.96 Å². The van der Waals surface area contributed by atoms with E-state index in [0.29, 0.717) is 19.6 Å². The summed E-state index contributed by atoms with van der Waals surface area (Å²) in [5, 5.41) is 6.64. The zero-order valence-corrected chi connectivity index (χ0v) is 17.5. The van der Waals surface area contributed by atoms with Gasteiger partial charge in [-0.2, -0.15) is 0 Å². The van der Waals surface area contributed by atoms with E-state index in [-0.39, 0.29) is 5.56 Å². The smallest absolute Gasteiger partial charge is 0.250 e. The Kier molecular flexibility index (Phi) is 7.66. The van der Waals surface area contributed by atoms with Gasteiger partial charge in [-0.05, 0) is 41.8 Å². The van der Waals surface area contributed by atoms with Crippen LogP contribution in [0.5, 0.6) is 5.75 Å². The second-order valence-electron chi connectivity index (χ2n) is 6.88. The predicted octanol–water partition coefficient (Wildman–Crippen LogP) is 3.16. The molecule has 6 heteroatoms. The van der Waals surface area contributed by atoms with Crippen LogP contribution in [0, 0.1) is 0 Å². The molecule has 0 amide bonds. The van der Waals surface area contributed by atoms with Crippen molar-refractivity contribution in [1.82, 2.24) is 15.2 Å². The number of guanidine groups is 1. The molecule has 6 nitrogen and oxygen atoms in total. The van der Waals surface area contributed by atoms with Crippen LogP contribution in [-0.2, 0) is 19.6 Å². The van der Waals surface area contributed by atoms with Gasteiger partial charge in [-0.1, -0.05) is 42.5 Å². The molecule has 0 aliphatic rings. The summed E-state index contributed by atoms with van der Waals surface area (Å²) < 4.78 is 6.89. The fourth-order valence-corrected chi connectivity index (χ4v) is 2.98. The number of nitrogens with one attached hydrogen (secondary N) is 2. The van der Waals surface area contributed by atoms with E-state index in [1.807, 2.05) is 37.3 Å². The second-order valence-corrected chi connectivity index (χ2v) is 6.88. The molecule has 0 radical (unpaired) electrons. The molecule has 0 aliphatic carbocycles. The Hall–Kier alpha value is -3.54. The van der Waals surface area contributed by atoms with E-state index in [9.17, 15) is 4.79 Å². The van der Waals surface area contributed by atoms with Crippen molar-refractivity contribution in [2.24, 2.45) is 4.99 Å². The minimum atomic E-state index is 0.00611. The number of aliphatic imine (C=N–C) groups is 1. The number of hydrogen-bond acceptors (Lipinski definition) is 3. The number of rotatable bonds is 8. The normalized spacial score (nSPS) is 11.2. The molecule has 2 N–H and O–H groups in total. The molecule has 1 heterocycles. The van der Waals surface area contributed by atoms with E-state index >= 15 is 0 Å². The van der Waals surface area contributed by atoms with Gasteiger partial charge in [0.2, 0.25) is 0 Å². The van der Waals surface area contributed by atoms with Gasteiger partial charge < -0.3 is 19.9 Å². The van der Waals surface area contributed by atoms with Crippen molar-refractivity contribution in [1.29, 1.82) is 0 Å². The maximum absolute atomic E-state index is 11.9. The minimum Gasteiger partial charge on any atom is -0.497 e. The molecule has 0 atom stereocenters. The maximum atomic E-state index is 11.9. The van der Waals surface area contributed by atoms with E-state index in [4.69, 9.17) is 4.74 Å². The van der Waals surface area contributed by atoms with Crippen LogP contribution in [-0.4, -0.2) is 24.2 Å². The Morgan fingerprint density at radius 2 is 1.63 bits per heavy atom. The molecule has 3 aromatic rings. The highest BCUT2D eigenvalue weighted by Crippen LogP contribution is 2.12. The second kappa shape index (κ2) is 10.9. The molecule has 0 bridgehead atoms. The summed E-state index contributed by atoms with van der Waals surface area (Å²) in [6.07, 6.45) is 1.81. The first kappa shape index (κ1) is 21.2. The topological polar surface area (TPSA) is 67.7 Å². The van der Waals surface area contributed by atoms with E-state index in [1.165, 1.54) is 0 Å². The van der Waals surface area contributed by atoms with Crippen molar-refractivity contribution < 1.29 is 4.74 Å². The first-order valence-electron chi connectivity index (χ1n) is 10.1. The summed E-state index contributed by atoms with van der Waals surface area (Å²) in [5.41, 5.74) is 3.36. The lowest BCUT2D eigenvalue weighted by molar-refractivity contribution is 0.414. The lowest BCUT2D eigenvalue weighted by Crippen LogP contribution is -2.36. The highest BCUT2D eigenvalue weighted by molar-refractivity contribution is 5.79. The van der Waals surface area contributed by atoms with Crippen LogP contribution in [0.3, 0.4) is 0 Å².